The van der Waals surface area contributed by atoms with Gasteiger partial charge in [-0.15, -0.1) is 0 Å². The Kier molecular flexibility index (Phi) is 8.64. The molecule has 1 atom stereocenters. The van der Waals surface area contributed by atoms with Crippen LogP contribution < -0.4 is 5.73 Å². The van der Waals surface area contributed by atoms with Crippen molar-refractivity contribution in [2.24, 2.45) is 5.73 Å². The van der Waals surface area contributed by atoms with Crippen LogP contribution in [0, 0.1) is 0 Å². The van der Waals surface area contributed by atoms with Crippen LogP contribution in [0.3, 0.4) is 0 Å². The zero-order chi connectivity index (χ0) is 13.2. The van der Waals surface area contributed by atoms with Crippen molar-refractivity contribution in [2.75, 3.05) is 39.8 Å². The standard InChI is InChI=1S/C15H33N3/c1-3-18-13-9-10-15(18)14-17(2)12-8-6-4-5-7-11-16/h15H,3-14,16H2,1-2H3. The van der Waals surface area contributed by atoms with Gasteiger partial charge in [0.2, 0.25) is 0 Å². The molecule has 1 fully saturated rings. The lowest BCUT2D eigenvalue weighted by molar-refractivity contribution is 0.197. The molecule has 0 aromatic rings. The molecule has 0 amide bonds. The highest BCUT2D eigenvalue weighted by Crippen LogP contribution is 2.17. The van der Waals surface area contributed by atoms with Gasteiger partial charge in [0.25, 0.3) is 0 Å². The van der Waals surface area contributed by atoms with Gasteiger partial charge in [0.1, 0.15) is 0 Å². The van der Waals surface area contributed by atoms with E-state index in [2.05, 4.69) is 23.8 Å². The summed E-state index contributed by atoms with van der Waals surface area (Å²) in [5.74, 6) is 0. The summed E-state index contributed by atoms with van der Waals surface area (Å²) in [6.07, 6.45) is 9.37. The van der Waals surface area contributed by atoms with E-state index in [1.165, 1.54) is 71.1 Å². The Hall–Kier alpha value is -0.120. The molecule has 0 bridgehead atoms. The zero-order valence-corrected chi connectivity index (χ0v) is 12.5. The number of hydrogen-bond acceptors (Lipinski definition) is 3. The Morgan fingerprint density at radius 1 is 1.17 bits per heavy atom. The van der Waals surface area contributed by atoms with Crippen LogP contribution in [0.25, 0.3) is 0 Å². The Morgan fingerprint density at radius 3 is 2.61 bits per heavy atom. The van der Waals surface area contributed by atoms with Crippen molar-refractivity contribution in [3.05, 3.63) is 0 Å². The van der Waals surface area contributed by atoms with Crippen molar-refractivity contribution < 1.29 is 0 Å². The molecule has 0 spiro atoms. The molecule has 108 valence electrons. The number of likely N-dealkylation sites (N-methyl/N-ethyl adjacent to an activating group) is 2. The van der Waals surface area contributed by atoms with E-state index in [9.17, 15) is 0 Å². The Bertz CT molecular complexity index is 196. The molecule has 2 N–H and O–H groups in total. The number of rotatable bonds is 10. The number of nitrogens with two attached hydrogens (primary N) is 1. The molecule has 3 heteroatoms. The van der Waals surface area contributed by atoms with Gasteiger partial charge in [-0.25, -0.2) is 0 Å². The molecule has 0 radical (unpaired) electrons. The van der Waals surface area contributed by atoms with E-state index in [4.69, 9.17) is 5.73 Å². The first kappa shape index (κ1) is 15.9. The molecule has 0 aliphatic carbocycles. The minimum Gasteiger partial charge on any atom is -0.330 e. The molecular formula is C15H33N3. The smallest absolute Gasteiger partial charge is 0.0223 e. The van der Waals surface area contributed by atoms with E-state index in [1.54, 1.807) is 0 Å². The van der Waals surface area contributed by atoms with Gasteiger partial charge in [0, 0.05) is 12.6 Å². The van der Waals surface area contributed by atoms with Crippen molar-refractivity contribution >= 4 is 0 Å². The molecule has 1 unspecified atom stereocenters. The molecule has 1 rings (SSSR count). The molecule has 1 aliphatic rings. The van der Waals surface area contributed by atoms with E-state index < -0.39 is 0 Å². The van der Waals surface area contributed by atoms with Crippen LogP contribution in [0.5, 0.6) is 0 Å². The number of nitrogens with zero attached hydrogens (tertiary/aromatic N) is 2. The monoisotopic (exact) mass is 255 g/mol. The number of hydrogen-bond donors (Lipinski definition) is 1. The van der Waals surface area contributed by atoms with Crippen molar-refractivity contribution in [3.63, 3.8) is 0 Å². The van der Waals surface area contributed by atoms with Gasteiger partial charge < -0.3 is 10.6 Å². The molecule has 1 heterocycles. The molecule has 0 aromatic heterocycles. The third-order valence-electron chi connectivity index (χ3n) is 4.17. The van der Waals surface area contributed by atoms with Crippen molar-refractivity contribution in [1.29, 1.82) is 0 Å². The normalized spacial score (nSPS) is 21.0. The largest absolute Gasteiger partial charge is 0.330 e. The van der Waals surface area contributed by atoms with E-state index in [-0.39, 0.29) is 0 Å². The van der Waals surface area contributed by atoms with Crippen LogP contribution in [0.15, 0.2) is 0 Å². The van der Waals surface area contributed by atoms with Gasteiger partial charge in [0.15, 0.2) is 0 Å². The van der Waals surface area contributed by atoms with Gasteiger partial charge in [-0.05, 0) is 58.9 Å². The molecule has 3 nitrogen and oxygen atoms in total. The first-order valence-electron chi connectivity index (χ1n) is 7.90. The molecule has 0 saturated carbocycles. The summed E-state index contributed by atoms with van der Waals surface area (Å²) in [7, 11) is 2.28. The Morgan fingerprint density at radius 2 is 1.89 bits per heavy atom. The van der Waals surface area contributed by atoms with Gasteiger partial charge >= 0.3 is 0 Å². The molecule has 0 aromatic carbocycles. The zero-order valence-electron chi connectivity index (χ0n) is 12.5. The fourth-order valence-electron chi connectivity index (χ4n) is 3.03. The van der Waals surface area contributed by atoms with Crippen molar-refractivity contribution in [1.82, 2.24) is 9.80 Å². The fraction of sp³-hybridized carbons (Fsp3) is 1.00. The first-order valence-corrected chi connectivity index (χ1v) is 7.90. The molecular weight excluding hydrogens is 222 g/mol. The summed E-state index contributed by atoms with van der Waals surface area (Å²) >= 11 is 0. The summed E-state index contributed by atoms with van der Waals surface area (Å²) in [4.78, 5) is 5.17. The molecule has 18 heavy (non-hydrogen) atoms. The molecule has 1 saturated heterocycles. The van der Waals surface area contributed by atoms with Crippen LogP contribution in [0.2, 0.25) is 0 Å². The summed E-state index contributed by atoms with van der Waals surface area (Å²) in [6.45, 7) is 8.20. The van der Waals surface area contributed by atoms with E-state index >= 15 is 0 Å². The topological polar surface area (TPSA) is 32.5 Å². The lowest BCUT2D eigenvalue weighted by Crippen LogP contribution is -2.39. The minimum absolute atomic E-state index is 0.817. The van der Waals surface area contributed by atoms with E-state index in [0.29, 0.717) is 0 Å². The molecule has 1 aliphatic heterocycles. The first-order chi connectivity index (χ1) is 8.77. The van der Waals surface area contributed by atoms with Crippen LogP contribution in [0.4, 0.5) is 0 Å². The third kappa shape index (κ3) is 6.17. The summed E-state index contributed by atoms with van der Waals surface area (Å²) < 4.78 is 0. The summed E-state index contributed by atoms with van der Waals surface area (Å²) in [6, 6.07) is 0.817. The van der Waals surface area contributed by atoms with Gasteiger partial charge in [-0.2, -0.15) is 0 Å². The van der Waals surface area contributed by atoms with Crippen molar-refractivity contribution in [3.8, 4) is 0 Å². The third-order valence-corrected chi connectivity index (χ3v) is 4.17. The lowest BCUT2D eigenvalue weighted by atomic mass is 10.1. The SMILES string of the molecule is CCN1CCCC1CN(C)CCCCCCCN. The maximum atomic E-state index is 5.50. The minimum atomic E-state index is 0.817. The summed E-state index contributed by atoms with van der Waals surface area (Å²) in [5.41, 5.74) is 5.50. The predicted octanol–water partition coefficient (Wildman–Crippen LogP) is 2.31. The number of unbranched alkanes of at least 4 members (excludes halogenated alkanes) is 4. The Balaban J connectivity index is 2.01. The Labute approximate surface area is 114 Å². The fourth-order valence-corrected chi connectivity index (χ4v) is 3.03. The highest BCUT2D eigenvalue weighted by Gasteiger charge is 2.23. The maximum absolute atomic E-state index is 5.50. The quantitative estimate of drug-likeness (QED) is 0.608. The average Bonchev–Trinajstić information content (AvgIpc) is 2.80. The predicted molar refractivity (Wildman–Crippen MR) is 79.9 cm³/mol. The second-order valence-corrected chi connectivity index (χ2v) is 5.74. The number of likely N-dealkylation sites (tertiary alicyclic amines) is 1. The van der Waals surface area contributed by atoms with Crippen LogP contribution >= 0.6 is 0 Å². The van der Waals surface area contributed by atoms with Crippen molar-refractivity contribution in [2.45, 2.75) is 57.9 Å². The van der Waals surface area contributed by atoms with Gasteiger partial charge in [0.05, 0.1) is 0 Å². The van der Waals surface area contributed by atoms with E-state index in [0.717, 1.165) is 12.6 Å². The average molecular weight is 255 g/mol. The highest BCUT2D eigenvalue weighted by molar-refractivity contribution is 4.80. The second-order valence-electron chi connectivity index (χ2n) is 5.74. The van der Waals surface area contributed by atoms with E-state index in [1.807, 2.05) is 0 Å². The summed E-state index contributed by atoms with van der Waals surface area (Å²) in [5, 5.41) is 0. The van der Waals surface area contributed by atoms with Crippen LogP contribution in [0.1, 0.15) is 51.9 Å². The van der Waals surface area contributed by atoms with Crippen LogP contribution in [-0.4, -0.2) is 55.6 Å². The highest BCUT2D eigenvalue weighted by atomic mass is 15.2. The van der Waals surface area contributed by atoms with Gasteiger partial charge in [-0.3, -0.25) is 4.90 Å². The lowest BCUT2D eigenvalue weighted by Gasteiger charge is -2.27. The second kappa shape index (κ2) is 9.76. The van der Waals surface area contributed by atoms with Crippen LogP contribution in [-0.2, 0) is 0 Å². The maximum Gasteiger partial charge on any atom is 0.0223 e. The van der Waals surface area contributed by atoms with Gasteiger partial charge in [-0.1, -0.05) is 26.2 Å².